The highest BCUT2D eigenvalue weighted by molar-refractivity contribution is 5.93. The number of benzene rings is 1. The van der Waals surface area contributed by atoms with Crippen molar-refractivity contribution in [2.24, 2.45) is 0 Å². The van der Waals surface area contributed by atoms with Crippen LogP contribution in [0.2, 0.25) is 0 Å². The van der Waals surface area contributed by atoms with Crippen LogP contribution in [-0.2, 0) is 17.6 Å². The number of anilines is 1. The first-order chi connectivity index (χ1) is 11.1. The van der Waals surface area contributed by atoms with Gasteiger partial charge in [0.25, 0.3) is 5.91 Å². The molecule has 23 heavy (non-hydrogen) atoms. The molecule has 1 heterocycles. The van der Waals surface area contributed by atoms with Crippen molar-refractivity contribution in [2.45, 2.75) is 52.6 Å². The predicted octanol–water partition coefficient (Wildman–Crippen LogP) is 3.58. The van der Waals surface area contributed by atoms with Crippen LogP contribution in [0.25, 0.3) is 0 Å². The van der Waals surface area contributed by atoms with Gasteiger partial charge in [0.05, 0.1) is 5.69 Å². The Morgan fingerprint density at radius 1 is 1.30 bits per heavy atom. The van der Waals surface area contributed by atoms with Gasteiger partial charge in [-0.05, 0) is 63.6 Å². The molecule has 0 spiro atoms. The lowest BCUT2D eigenvalue weighted by Gasteiger charge is -2.17. The van der Waals surface area contributed by atoms with Crippen molar-refractivity contribution >= 4 is 11.8 Å². The number of nitrogens with one attached hydrogen (secondary N) is 1. The quantitative estimate of drug-likeness (QED) is 0.937. The number of hydrogen-bond donors (Lipinski definition) is 1. The number of aromatic nitrogens is 1. The molecule has 1 aliphatic rings. The van der Waals surface area contributed by atoms with Gasteiger partial charge in [0, 0.05) is 5.56 Å². The van der Waals surface area contributed by atoms with Gasteiger partial charge in [-0.3, -0.25) is 10.1 Å². The summed E-state index contributed by atoms with van der Waals surface area (Å²) in [6.07, 6.45) is 3.44. The third-order valence-electron chi connectivity index (χ3n) is 4.42. The van der Waals surface area contributed by atoms with E-state index in [1.54, 1.807) is 6.92 Å². The standard InChI is InChI=1S/C18H22N2O3/c1-11-7-6-10-16(12(11)2)22-13(3)17(21)19-18-14-8-4-5-9-15(14)20-23-18/h6-7,10,13H,4-5,8-9H2,1-3H3,(H,19,21)/t13-/m1/s1. The molecule has 2 aromatic rings. The lowest BCUT2D eigenvalue weighted by atomic mass is 9.98. The molecule has 0 saturated heterocycles. The van der Waals surface area contributed by atoms with E-state index in [1.165, 1.54) is 0 Å². The highest BCUT2D eigenvalue weighted by atomic mass is 16.5. The van der Waals surface area contributed by atoms with Crippen LogP contribution in [0.15, 0.2) is 22.7 Å². The number of carbonyl (C=O) groups excluding carboxylic acids is 1. The van der Waals surface area contributed by atoms with E-state index in [0.717, 1.165) is 53.8 Å². The fourth-order valence-corrected chi connectivity index (χ4v) is 2.80. The van der Waals surface area contributed by atoms with Crippen LogP contribution in [0, 0.1) is 13.8 Å². The van der Waals surface area contributed by atoms with E-state index in [4.69, 9.17) is 9.26 Å². The second-order valence-corrected chi connectivity index (χ2v) is 6.09. The maximum absolute atomic E-state index is 12.4. The summed E-state index contributed by atoms with van der Waals surface area (Å²) in [5.74, 6) is 0.976. The number of amides is 1. The van der Waals surface area contributed by atoms with Crippen LogP contribution >= 0.6 is 0 Å². The van der Waals surface area contributed by atoms with Gasteiger partial charge in [0.1, 0.15) is 5.75 Å². The summed E-state index contributed by atoms with van der Waals surface area (Å²) in [6, 6.07) is 5.82. The van der Waals surface area contributed by atoms with Crippen LogP contribution in [0.3, 0.4) is 0 Å². The number of aryl methyl sites for hydroxylation is 2. The molecule has 1 aromatic carbocycles. The summed E-state index contributed by atoms with van der Waals surface area (Å²) in [4.78, 5) is 12.4. The molecule has 1 N–H and O–H groups in total. The minimum atomic E-state index is -0.611. The van der Waals surface area contributed by atoms with E-state index < -0.39 is 6.10 Å². The van der Waals surface area contributed by atoms with Crippen molar-refractivity contribution in [1.82, 2.24) is 5.16 Å². The van der Waals surface area contributed by atoms with Gasteiger partial charge in [0.2, 0.25) is 5.88 Å². The first-order valence-corrected chi connectivity index (χ1v) is 8.07. The molecule has 1 amide bonds. The molecular formula is C18H22N2O3. The fourth-order valence-electron chi connectivity index (χ4n) is 2.80. The topological polar surface area (TPSA) is 64.4 Å². The van der Waals surface area contributed by atoms with Gasteiger partial charge in [-0.15, -0.1) is 0 Å². The molecule has 122 valence electrons. The Morgan fingerprint density at radius 3 is 2.91 bits per heavy atom. The molecule has 1 aromatic heterocycles. The largest absolute Gasteiger partial charge is 0.481 e. The molecule has 5 heteroatoms. The second-order valence-electron chi connectivity index (χ2n) is 6.09. The molecule has 0 unspecified atom stereocenters. The van der Waals surface area contributed by atoms with E-state index in [2.05, 4.69) is 10.5 Å². The summed E-state index contributed by atoms with van der Waals surface area (Å²) in [6.45, 7) is 5.75. The highest BCUT2D eigenvalue weighted by Crippen LogP contribution is 2.28. The number of rotatable bonds is 4. The monoisotopic (exact) mass is 314 g/mol. The van der Waals surface area contributed by atoms with E-state index in [-0.39, 0.29) is 5.91 Å². The first-order valence-electron chi connectivity index (χ1n) is 8.07. The molecular weight excluding hydrogens is 292 g/mol. The number of fused-ring (bicyclic) bond motifs is 1. The number of carbonyl (C=O) groups is 1. The number of ether oxygens (including phenoxy) is 1. The Bertz CT molecular complexity index is 721. The normalized spacial score (nSPS) is 14.9. The van der Waals surface area contributed by atoms with Crippen molar-refractivity contribution < 1.29 is 14.1 Å². The zero-order valence-corrected chi connectivity index (χ0v) is 13.8. The van der Waals surface area contributed by atoms with Crippen LogP contribution in [-0.4, -0.2) is 17.2 Å². The first kappa shape index (κ1) is 15.6. The van der Waals surface area contributed by atoms with Crippen molar-refractivity contribution in [1.29, 1.82) is 0 Å². The van der Waals surface area contributed by atoms with Gasteiger partial charge >= 0.3 is 0 Å². The smallest absolute Gasteiger partial charge is 0.267 e. The Balaban J connectivity index is 1.68. The summed E-state index contributed by atoms with van der Waals surface area (Å²) in [7, 11) is 0. The fraction of sp³-hybridized carbons (Fsp3) is 0.444. The van der Waals surface area contributed by atoms with Crippen LogP contribution in [0.1, 0.15) is 42.1 Å². The second kappa shape index (κ2) is 6.44. The molecule has 1 atom stereocenters. The van der Waals surface area contributed by atoms with E-state index in [9.17, 15) is 4.79 Å². The molecule has 5 nitrogen and oxygen atoms in total. The van der Waals surface area contributed by atoms with Crippen molar-refractivity contribution in [3.8, 4) is 5.75 Å². The molecule has 3 rings (SSSR count). The van der Waals surface area contributed by atoms with Crippen molar-refractivity contribution in [3.05, 3.63) is 40.6 Å². The highest BCUT2D eigenvalue weighted by Gasteiger charge is 2.23. The minimum absolute atomic E-state index is 0.226. The van der Waals surface area contributed by atoms with Crippen LogP contribution in [0.5, 0.6) is 5.75 Å². The summed E-state index contributed by atoms with van der Waals surface area (Å²) < 4.78 is 11.1. The molecule has 0 radical (unpaired) electrons. The van der Waals surface area contributed by atoms with Crippen molar-refractivity contribution in [3.63, 3.8) is 0 Å². The van der Waals surface area contributed by atoms with Gasteiger partial charge in [-0.25, -0.2) is 0 Å². The van der Waals surface area contributed by atoms with E-state index in [0.29, 0.717) is 5.88 Å². The van der Waals surface area contributed by atoms with E-state index >= 15 is 0 Å². The van der Waals surface area contributed by atoms with Crippen molar-refractivity contribution in [2.75, 3.05) is 5.32 Å². The van der Waals surface area contributed by atoms with Gasteiger partial charge in [-0.2, -0.15) is 0 Å². The van der Waals surface area contributed by atoms with E-state index in [1.807, 2.05) is 32.0 Å². The molecule has 0 saturated carbocycles. The minimum Gasteiger partial charge on any atom is -0.481 e. The third-order valence-corrected chi connectivity index (χ3v) is 4.42. The SMILES string of the molecule is Cc1cccc(O[C@H](C)C(=O)Nc2onc3c2CCCC3)c1C. The lowest BCUT2D eigenvalue weighted by Crippen LogP contribution is -2.30. The Morgan fingerprint density at radius 2 is 2.09 bits per heavy atom. The Hall–Kier alpha value is -2.30. The van der Waals surface area contributed by atoms with Crippen LogP contribution in [0.4, 0.5) is 5.88 Å². The average molecular weight is 314 g/mol. The Kier molecular flexibility index (Phi) is 4.37. The van der Waals surface area contributed by atoms with Gasteiger partial charge < -0.3 is 9.26 Å². The summed E-state index contributed by atoms with van der Waals surface area (Å²) in [5, 5.41) is 6.86. The summed E-state index contributed by atoms with van der Waals surface area (Å²) in [5.41, 5.74) is 4.18. The van der Waals surface area contributed by atoms with Gasteiger partial charge in [0.15, 0.2) is 6.10 Å². The maximum Gasteiger partial charge on any atom is 0.267 e. The number of nitrogens with zero attached hydrogens (tertiary/aromatic N) is 1. The van der Waals surface area contributed by atoms with Gasteiger partial charge in [-0.1, -0.05) is 17.3 Å². The zero-order chi connectivity index (χ0) is 16.4. The summed E-state index contributed by atoms with van der Waals surface area (Å²) >= 11 is 0. The zero-order valence-electron chi connectivity index (χ0n) is 13.8. The predicted molar refractivity (Wildman–Crippen MR) is 87.8 cm³/mol. The maximum atomic E-state index is 12.4. The lowest BCUT2D eigenvalue weighted by molar-refractivity contribution is -0.122. The molecule has 0 fully saturated rings. The molecule has 1 aliphatic carbocycles. The molecule has 0 bridgehead atoms. The van der Waals surface area contributed by atoms with Crippen LogP contribution < -0.4 is 10.1 Å². The average Bonchev–Trinajstić information content (AvgIpc) is 2.95. The number of hydrogen-bond acceptors (Lipinski definition) is 4. The third kappa shape index (κ3) is 3.23. The molecule has 0 aliphatic heterocycles. The Labute approximate surface area is 136 Å².